The van der Waals surface area contributed by atoms with E-state index in [0.29, 0.717) is 23.6 Å². The Bertz CT molecular complexity index is 1100. The molecule has 2 aliphatic heterocycles. The second kappa shape index (κ2) is 10.1. The summed E-state index contributed by atoms with van der Waals surface area (Å²) >= 11 is 6.57. The van der Waals surface area contributed by atoms with Gasteiger partial charge in [-0.3, -0.25) is 4.90 Å². The van der Waals surface area contributed by atoms with Crippen LogP contribution in [0, 0.1) is 0 Å². The van der Waals surface area contributed by atoms with Gasteiger partial charge in [0.1, 0.15) is 11.4 Å². The molecule has 1 aromatic heterocycles. The molecule has 0 aliphatic carbocycles. The smallest absolute Gasteiger partial charge is 0.368 e. The van der Waals surface area contributed by atoms with Crippen LogP contribution in [0.15, 0.2) is 24.4 Å². The fourth-order valence-electron chi connectivity index (χ4n) is 5.44. The first-order valence-electron chi connectivity index (χ1n) is 12.6. The number of nitrogens with one attached hydrogen (secondary N) is 2. The lowest BCUT2D eigenvalue weighted by Crippen LogP contribution is -2.61. The second-order valence-electron chi connectivity index (χ2n) is 11.5. The number of aromatic nitrogens is 2. The zero-order chi connectivity index (χ0) is 27.2. The number of hydrogen-bond donors (Lipinski definition) is 2. The van der Waals surface area contributed by atoms with Crippen LogP contribution < -0.4 is 15.5 Å². The number of halogens is 4. The maximum absolute atomic E-state index is 13.9. The van der Waals surface area contributed by atoms with Gasteiger partial charge in [0.25, 0.3) is 0 Å². The number of alkyl halides is 3. The van der Waals surface area contributed by atoms with E-state index in [1.165, 1.54) is 0 Å². The maximum atomic E-state index is 13.9. The van der Waals surface area contributed by atoms with Crippen molar-refractivity contribution in [1.29, 1.82) is 0 Å². The molecule has 204 valence electrons. The van der Waals surface area contributed by atoms with E-state index in [1.54, 1.807) is 6.07 Å². The fraction of sp³-hybridized carbons (Fsp3) is 0.615. The van der Waals surface area contributed by atoms with Crippen molar-refractivity contribution in [2.45, 2.75) is 63.8 Å². The van der Waals surface area contributed by atoms with Crippen molar-refractivity contribution in [2.75, 3.05) is 55.8 Å². The van der Waals surface area contributed by atoms with Crippen molar-refractivity contribution >= 4 is 34.7 Å². The first kappa shape index (κ1) is 27.7. The standard InChI is InChI=1S/C26H37ClF3N7/c1-24(2)14-18(15-25(3,4)36(24)6)32-22-19(26(28,29)30)16-31-23(34-22)33-17-7-8-21(20(27)13-17)37-11-9-35(5)10-12-37/h7-8,13,16,18H,9-12,14-15H2,1-6H3,(H2,31,32,33,34). The summed E-state index contributed by atoms with van der Waals surface area (Å²) in [6, 6.07) is 5.34. The molecular weight excluding hydrogens is 503 g/mol. The van der Waals surface area contributed by atoms with E-state index < -0.39 is 11.7 Å². The Morgan fingerprint density at radius 1 is 1.00 bits per heavy atom. The van der Waals surface area contributed by atoms with Crippen molar-refractivity contribution in [1.82, 2.24) is 19.8 Å². The minimum atomic E-state index is -4.58. The lowest BCUT2D eigenvalue weighted by molar-refractivity contribution is -0.137. The van der Waals surface area contributed by atoms with Crippen LogP contribution in [-0.4, -0.2) is 77.2 Å². The number of piperidine rings is 1. The number of hydrogen-bond acceptors (Lipinski definition) is 7. The van der Waals surface area contributed by atoms with Crippen LogP contribution in [0.3, 0.4) is 0 Å². The Morgan fingerprint density at radius 2 is 1.62 bits per heavy atom. The quantitative estimate of drug-likeness (QED) is 0.505. The van der Waals surface area contributed by atoms with Gasteiger partial charge in [-0.15, -0.1) is 0 Å². The van der Waals surface area contributed by atoms with Gasteiger partial charge in [0.15, 0.2) is 0 Å². The molecule has 0 atom stereocenters. The van der Waals surface area contributed by atoms with Crippen LogP contribution in [0.2, 0.25) is 5.02 Å². The fourth-order valence-corrected chi connectivity index (χ4v) is 5.74. The molecule has 2 N–H and O–H groups in total. The van der Waals surface area contributed by atoms with Crippen molar-refractivity contribution in [3.8, 4) is 0 Å². The van der Waals surface area contributed by atoms with Crippen LogP contribution in [0.5, 0.6) is 0 Å². The highest BCUT2D eigenvalue weighted by Gasteiger charge is 2.44. The number of anilines is 4. The number of likely N-dealkylation sites (tertiary alicyclic amines) is 1. The second-order valence-corrected chi connectivity index (χ2v) is 11.9. The van der Waals surface area contributed by atoms with Crippen LogP contribution >= 0.6 is 11.6 Å². The van der Waals surface area contributed by atoms with Crippen molar-refractivity contribution < 1.29 is 13.2 Å². The summed E-state index contributed by atoms with van der Waals surface area (Å²) < 4.78 is 41.6. The van der Waals surface area contributed by atoms with E-state index in [0.717, 1.165) is 38.1 Å². The Labute approximate surface area is 222 Å². The molecule has 2 fully saturated rings. The van der Waals surface area contributed by atoms with Gasteiger partial charge in [0, 0.05) is 55.2 Å². The summed E-state index contributed by atoms with van der Waals surface area (Å²) in [5.41, 5.74) is 0.289. The van der Waals surface area contributed by atoms with Gasteiger partial charge in [-0.25, -0.2) is 4.98 Å². The minimum Gasteiger partial charge on any atom is -0.368 e. The van der Waals surface area contributed by atoms with E-state index in [2.05, 4.69) is 77.1 Å². The highest BCUT2D eigenvalue weighted by molar-refractivity contribution is 6.33. The average Bonchev–Trinajstić information content (AvgIpc) is 2.77. The number of piperazine rings is 1. The van der Waals surface area contributed by atoms with E-state index in [9.17, 15) is 13.2 Å². The highest BCUT2D eigenvalue weighted by atomic mass is 35.5. The summed E-state index contributed by atoms with van der Waals surface area (Å²) in [6.45, 7) is 12.1. The summed E-state index contributed by atoms with van der Waals surface area (Å²) in [6.07, 6.45) is -2.38. The third-order valence-corrected chi connectivity index (χ3v) is 8.09. The van der Waals surface area contributed by atoms with Gasteiger partial charge in [-0.1, -0.05) is 11.6 Å². The Balaban J connectivity index is 1.56. The van der Waals surface area contributed by atoms with Gasteiger partial charge >= 0.3 is 6.18 Å². The summed E-state index contributed by atoms with van der Waals surface area (Å²) in [5, 5.41) is 6.70. The lowest BCUT2D eigenvalue weighted by Gasteiger charge is -2.53. The SMILES string of the molecule is CN1CCN(c2ccc(Nc3ncc(C(F)(F)F)c(NC4CC(C)(C)N(C)C(C)(C)C4)n3)cc2Cl)CC1. The predicted molar refractivity (Wildman–Crippen MR) is 144 cm³/mol. The van der Waals surface area contributed by atoms with Crippen molar-refractivity contribution in [3.05, 3.63) is 35.0 Å². The molecule has 11 heteroatoms. The molecule has 3 heterocycles. The van der Waals surface area contributed by atoms with Gasteiger partial charge < -0.3 is 20.4 Å². The lowest BCUT2D eigenvalue weighted by atomic mass is 9.77. The average molecular weight is 540 g/mol. The summed E-state index contributed by atoms with van der Waals surface area (Å²) in [4.78, 5) is 15.0. The van der Waals surface area contributed by atoms with Crippen molar-refractivity contribution in [2.24, 2.45) is 0 Å². The summed E-state index contributed by atoms with van der Waals surface area (Å²) in [7, 11) is 4.15. The molecule has 2 aromatic rings. The number of likely N-dealkylation sites (N-methyl/N-ethyl adjacent to an activating group) is 1. The minimum absolute atomic E-state index is 0.0744. The molecule has 0 radical (unpaired) electrons. The van der Waals surface area contributed by atoms with Gasteiger partial charge in [-0.05, 0) is 72.8 Å². The van der Waals surface area contributed by atoms with E-state index in [1.807, 2.05) is 12.1 Å². The monoisotopic (exact) mass is 539 g/mol. The molecule has 0 spiro atoms. The van der Waals surface area contributed by atoms with Crippen molar-refractivity contribution in [3.63, 3.8) is 0 Å². The molecule has 0 saturated carbocycles. The Morgan fingerprint density at radius 3 is 2.19 bits per heavy atom. The first-order chi connectivity index (χ1) is 17.2. The number of nitrogens with zero attached hydrogens (tertiary/aromatic N) is 5. The van der Waals surface area contributed by atoms with Gasteiger partial charge in [0.2, 0.25) is 5.95 Å². The van der Waals surface area contributed by atoms with Crippen LogP contribution in [0.4, 0.5) is 36.3 Å². The van der Waals surface area contributed by atoms with Crippen LogP contribution in [0.1, 0.15) is 46.1 Å². The topological polar surface area (TPSA) is 59.6 Å². The van der Waals surface area contributed by atoms with E-state index >= 15 is 0 Å². The predicted octanol–water partition coefficient (Wildman–Crippen LogP) is 5.71. The van der Waals surface area contributed by atoms with Gasteiger partial charge in [0.05, 0.1) is 10.7 Å². The molecule has 2 aliphatic rings. The highest BCUT2D eigenvalue weighted by Crippen LogP contribution is 2.40. The largest absolute Gasteiger partial charge is 0.421 e. The normalized spacial score (nSPS) is 21.2. The molecule has 0 amide bonds. The van der Waals surface area contributed by atoms with Crippen LogP contribution in [-0.2, 0) is 6.18 Å². The van der Waals surface area contributed by atoms with E-state index in [-0.39, 0.29) is 28.9 Å². The van der Waals surface area contributed by atoms with Gasteiger partial charge in [-0.2, -0.15) is 18.2 Å². The zero-order valence-electron chi connectivity index (χ0n) is 22.4. The summed E-state index contributed by atoms with van der Waals surface area (Å²) in [5.74, 6) is -0.142. The molecule has 7 nitrogen and oxygen atoms in total. The molecular formula is C26H37ClF3N7. The molecule has 0 unspecified atom stereocenters. The third-order valence-electron chi connectivity index (χ3n) is 7.79. The molecule has 4 rings (SSSR count). The zero-order valence-corrected chi connectivity index (χ0v) is 23.1. The first-order valence-corrected chi connectivity index (χ1v) is 13.0. The maximum Gasteiger partial charge on any atom is 0.421 e. The molecule has 2 saturated heterocycles. The molecule has 1 aromatic carbocycles. The van der Waals surface area contributed by atoms with E-state index in [4.69, 9.17) is 11.6 Å². The third kappa shape index (κ3) is 6.23. The Hall–Kier alpha value is -2.30. The number of benzene rings is 1. The molecule has 37 heavy (non-hydrogen) atoms. The Kier molecular flexibility index (Phi) is 7.58. The molecule has 0 bridgehead atoms. The number of rotatable bonds is 5. The van der Waals surface area contributed by atoms with Crippen LogP contribution in [0.25, 0.3) is 0 Å².